The molecule has 0 atom stereocenters. The Morgan fingerprint density at radius 2 is 0.845 bits per heavy atom. The number of nitrogens with zero attached hydrogens (tertiary/aromatic N) is 2. The van der Waals surface area contributed by atoms with Crippen molar-refractivity contribution in [3.63, 3.8) is 0 Å². The fraction of sp³-hybridized carbons (Fsp3) is 0.0145. The molecule has 1 heterocycles. The minimum Gasteiger partial charge on any atom is -0.310 e. The number of hydrogen-bond donors (Lipinski definition) is 0. The van der Waals surface area contributed by atoms with Crippen molar-refractivity contribution in [2.24, 2.45) is 0 Å². The smallest absolute Gasteiger partial charge is 0.0714 e. The van der Waals surface area contributed by atoms with Crippen molar-refractivity contribution in [3.05, 3.63) is 301 Å². The quantitative estimate of drug-likeness (QED) is 0.147. The van der Waals surface area contributed by atoms with E-state index in [0.29, 0.717) is 0 Å². The number of benzene rings is 12. The van der Waals surface area contributed by atoms with E-state index in [2.05, 4.69) is 289 Å². The molecule has 1 aliphatic rings. The highest BCUT2D eigenvalue weighted by atomic mass is 15.1. The second-order valence-corrected chi connectivity index (χ2v) is 18.8. The molecule has 1 aliphatic carbocycles. The monoisotopic (exact) mass is 902 g/mol. The van der Waals surface area contributed by atoms with E-state index in [1.165, 1.54) is 82.3 Å². The summed E-state index contributed by atoms with van der Waals surface area (Å²) < 4.78 is 2.47. The van der Waals surface area contributed by atoms with E-state index in [1.54, 1.807) is 0 Å². The summed E-state index contributed by atoms with van der Waals surface area (Å²) in [6, 6.07) is 103. The van der Waals surface area contributed by atoms with Gasteiger partial charge in [0.15, 0.2) is 0 Å². The van der Waals surface area contributed by atoms with Gasteiger partial charge in [0.2, 0.25) is 0 Å². The van der Waals surface area contributed by atoms with Crippen LogP contribution in [0.4, 0.5) is 17.1 Å². The van der Waals surface area contributed by atoms with Gasteiger partial charge in [0.25, 0.3) is 0 Å². The molecule has 332 valence electrons. The zero-order valence-corrected chi connectivity index (χ0v) is 39.0. The van der Waals surface area contributed by atoms with Gasteiger partial charge in [-0.05, 0) is 115 Å². The summed E-state index contributed by atoms with van der Waals surface area (Å²) >= 11 is 0. The fourth-order valence-electron chi connectivity index (χ4n) is 12.0. The molecule has 0 spiro atoms. The molecule has 0 aliphatic heterocycles. The van der Waals surface area contributed by atoms with Gasteiger partial charge in [-0.25, -0.2) is 0 Å². The Hall–Kier alpha value is -9.24. The van der Waals surface area contributed by atoms with E-state index < -0.39 is 5.41 Å². The number of fused-ring (bicyclic) bond motifs is 9. The van der Waals surface area contributed by atoms with Crippen LogP contribution in [0.2, 0.25) is 0 Å². The van der Waals surface area contributed by atoms with Crippen molar-refractivity contribution in [2.75, 3.05) is 4.90 Å². The van der Waals surface area contributed by atoms with Crippen LogP contribution in [0.1, 0.15) is 22.3 Å². The molecule has 0 fully saturated rings. The van der Waals surface area contributed by atoms with Gasteiger partial charge in [0, 0.05) is 38.8 Å². The summed E-state index contributed by atoms with van der Waals surface area (Å²) in [6.45, 7) is 0. The minimum absolute atomic E-state index is 0.640. The zero-order valence-electron chi connectivity index (χ0n) is 39.0. The average Bonchev–Trinajstić information content (AvgIpc) is 3.94. The lowest BCUT2D eigenvalue weighted by Gasteiger charge is -2.35. The molecule has 2 heteroatoms. The third kappa shape index (κ3) is 6.35. The van der Waals surface area contributed by atoms with Crippen LogP contribution in [0.15, 0.2) is 279 Å². The summed E-state index contributed by atoms with van der Waals surface area (Å²) in [5.74, 6) is 0. The standard InChI is InChI=1S/C69H46N2/c1-5-20-48(21-6-1)58-32-17-18-35-66(58)70(55-39-43-62-63-41-36-49-23-14-16-33-59(49)68(63)71(67(62)46-55)53-29-11-4-12-30-53)54-38-42-61-60-40-37-50(57-34-19-24-47-22-13-15-31-56(47)57)44-64(60)69(65(61)45-54,51-25-7-2-8-26-51)52-27-9-3-10-28-52/h1-46H. The summed E-state index contributed by atoms with van der Waals surface area (Å²) in [7, 11) is 0. The van der Waals surface area contributed by atoms with E-state index in [0.717, 1.165) is 39.4 Å². The van der Waals surface area contributed by atoms with Gasteiger partial charge in [0.05, 0.1) is 22.1 Å². The first-order valence-electron chi connectivity index (χ1n) is 24.6. The maximum Gasteiger partial charge on any atom is 0.0714 e. The van der Waals surface area contributed by atoms with E-state index in [9.17, 15) is 0 Å². The SMILES string of the molecule is c1ccc(-c2ccccc2N(c2ccc3c(c2)C(c2ccccc2)(c2ccccc2)c2cc(-c4cccc5ccccc45)ccc2-3)c2ccc3c4ccc5ccccc5c4n(-c4ccccc4)c3c2)cc1. The van der Waals surface area contributed by atoms with Crippen molar-refractivity contribution >= 4 is 60.4 Å². The lowest BCUT2D eigenvalue weighted by Crippen LogP contribution is -2.28. The van der Waals surface area contributed by atoms with Crippen LogP contribution in [-0.2, 0) is 5.41 Å². The highest BCUT2D eigenvalue weighted by molar-refractivity contribution is 6.19. The third-order valence-corrected chi connectivity index (χ3v) is 15.0. The molecule has 0 unspecified atom stereocenters. The predicted molar refractivity (Wildman–Crippen MR) is 299 cm³/mol. The minimum atomic E-state index is -0.640. The van der Waals surface area contributed by atoms with Crippen LogP contribution in [-0.4, -0.2) is 4.57 Å². The average molecular weight is 903 g/mol. The zero-order chi connectivity index (χ0) is 46.9. The molecule has 0 N–H and O–H groups in total. The molecule has 2 nitrogen and oxygen atoms in total. The van der Waals surface area contributed by atoms with Gasteiger partial charge in [0.1, 0.15) is 0 Å². The molecular formula is C69H46N2. The van der Waals surface area contributed by atoms with Gasteiger partial charge in [-0.15, -0.1) is 0 Å². The first-order chi connectivity index (χ1) is 35.2. The van der Waals surface area contributed by atoms with Crippen LogP contribution in [0.25, 0.3) is 82.4 Å². The summed E-state index contributed by atoms with van der Waals surface area (Å²) in [6.07, 6.45) is 0. The van der Waals surface area contributed by atoms with Crippen LogP contribution >= 0.6 is 0 Å². The number of anilines is 3. The Labute approximate surface area is 413 Å². The van der Waals surface area contributed by atoms with E-state index in [1.807, 2.05) is 0 Å². The fourth-order valence-corrected chi connectivity index (χ4v) is 12.0. The van der Waals surface area contributed by atoms with Crippen LogP contribution in [0.3, 0.4) is 0 Å². The van der Waals surface area contributed by atoms with Crippen LogP contribution in [0, 0.1) is 0 Å². The molecule has 12 aromatic carbocycles. The summed E-state index contributed by atoms with van der Waals surface area (Å²) in [4.78, 5) is 2.50. The molecular weight excluding hydrogens is 857 g/mol. The van der Waals surface area contributed by atoms with Crippen molar-refractivity contribution in [1.82, 2.24) is 4.57 Å². The Balaban J connectivity index is 1.06. The number of hydrogen-bond acceptors (Lipinski definition) is 1. The molecule has 71 heavy (non-hydrogen) atoms. The van der Waals surface area contributed by atoms with Crippen molar-refractivity contribution in [3.8, 4) is 39.1 Å². The van der Waals surface area contributed by atoms with E-state index >= 15 is 0 Å². The van der Waals surface area contributed by atoms with Gasteiger partial charge in [-0.1, -0.05) is 231 Å². The molecule has 0 saturated heterocycles. The molecule has 13 aromatic rings. The maximum absolute atomic E-state index is 2.50. The normalized spacial score (nSPS) is 12.6. The van der Waals surface area contributed by atoms with Gasteiger partial charge < -0.3 is 9.47 Å². The topological polar surface area (TPSA) is 8.17 Å². The van der Waals surface area contributed by atoms with E-state index in [-0.39, 0.29) is 0 Å². The highest BCUT2D eigenvalue weighted by Crippen LogP contribution is 2.58. The van der Waals surface area contributed by atoms with Gasteiger partial charge >= 0.3 is 0 Å². The van der Waals surface area contributed by atoms with Crippen LogP contribution in [0.5, 0.6) is 0 Å². The third-order valence-electron chi connectivity index (χ3n) is 15.0. The molecule has 0 bridgehead atoms. The Kier molecular flexibility index (Phi) is 9.47. The molecule has 14 rings (SSSR count). The number of rotatable bonds is 8. The Morgan fingerprint density at radius 3 is 1.59 bits per heavy atom. The number of para-hydroxylation sites is 2. The first kappa shape index (κ1) is 40.8. The van der Waals surface area contributed by atoms with Crippen molar-refractivity contribution in [2.45, 2.75) is 5.41 Å². The molecule has 0 amide bonds. The lowest BCUT2D eigenvalue weighted by atomic mass is 9.67. The number of aromatic nitrogens is 1. The first-order valence-corrected chi connectivity index (χ1v) is 24.6. The Morgan fingerprint density at radius 1 is 0.310 bits per heavy atom. The second kappa shape index (κ2) is 16.5. The predicted octanol–water partition coefficient (Wildman–Crippen LogP) is 18.3. The lowest BCUT2D eigenvalue weighted by molar-refractivity contribution is 0.768. The largest absolute Gasteiger partial charge is 0.310 e. The van der Waals surface area contributed by atoms with Crippen molar-refractivity contribution < 1.29 is 0 Å². The molecule has 1 aromatic heterocycles. The highest BCUT2D eigenvalue weighted by Gasteiger charge is 2.46. The van der Waals surface area contributed by atoms with Gasteiger partial charge in [-0.3, -0.25) is 0 Å². The second-order valence-electron chi connectivity index (χ2n) is 18.8. The van der Waals surface area contributed by atoms with Crippen molar-refractivity contribution in [1.29, 1.82) is 0 Å². The van der Waals surface area contributed by atoms with E-state index in [4.69, 9.17) is 0 Å². The maximum atomic E-state index is 2.50. The van der Waals surface area contributed by atoms with Crippen LogP contribution < -0.4 is 4.90 Å². The molecule has 0 saturated carbocycles. The summed E-state index contributed by atoms with van der Waals surface area (Å²) in [5.41, 5.74) is 18.4. The Bertz CT molecular complexity index is 4110. The molecule has 0 radical (unpaired) electrons. The summed E-state index contributed by atoms with van der Waals surface area (Å²) in [5, 5.41) is 7.40. The van der Waals surface area contributed by atoms with Gasteiger partial charge in [-0.2, -0.15) is 0 Å².